The molecule has 1 heterocycles. The molecule has 3 aromatic rings. The molecule has 0 bridgehead atoms. The molecule has 26 heavy (non-hydrogen) atoms. The van der Waals surface area contributed by atoms with Crippen molar-refractivity contribution in [1.82, 2.24) is 9.55 Å². The summed E-state index contributed by atoms with van der Waals surface area (Å²) in [7, 11) is 1.77. The first kappa shape index (κ1) is 17.4. The molecular formula is C20H19N3O3. The minimum absolute atomic E-state index is 0.170. The van der Waals surface area contributed by atoms with Gasteiger partial charge in [0.05, 0.1) is 0 Å². The van der Waals surface area contributed by atoms with E-state index in [1.54, 1.807) is 67.3 Å². The monoisotopic (exact) mass is 349 g/mol. The number of nitrogens with one attached hydrogen (secondary N) is 1. The largest absolute Gasteiger partial charge is 0.481 e. The van der Waals surface area contributed by atoms with Crippen LogP contribution < -0.4 is 10.1 Å². The van der Waals surface area contributed by atoms with Crippen molar-refractivity contribution >= 4 is 17.4 Å². The molecule has 0 aliphatic heterocycles. The van der Waals surface area contributed by atoms with Gasteiger partial charge in [0.2, 0.25) is 5.78 Å². The maximum absolute atomic E-state index is 12.4. The summed E-state index contributed by atoms with van der Waals surface area (Å²) in [4.78, 5) is 28.7. The Kier molecular flexibility index (Phi) is 5.12. The van der Waals surface area contributed by atoms with Gasteiger partial charge in [-0.05, 0) is 43.3 Å². The molecule has 0 saturated carbocycles. The Balaban J connectivity index is 1.63. The van der Waals surface area contributed by atoms with Gasteiger partial charge < -0.3 is 14.6 Å². The zero-order valence-corrected chi connectivity index (χ0v) is 14.5. The zero-order chi connectivity index (χ0) is 18.5. The van der Waals surface area contributed by atoms with Crippen molar-refractivity contribution in [2.24, 2.45) is 7.05 Å². The van der Waals surface area contributed by atoms with Crippen LogP contribution in [0.3, 0.4) is 0 Å². The van der Waals surface area contributed by atoms with Gasteiger partial charge >= 0.3 is 0 Å². The molecular weight excluding hydrogens is 330 g/mol. The average Bonchev–Trinajstić information content (AvgIpc) is 3.08. The van der Waals surface area contributed by atoms with Gasteiger partial charge in [-0.3, -0.25) is 9.59 Å². The predicted octanol–water partition coefficient (Wildman–Crippen LogP) is 3.06. The molecule has 1 atom stereocenters. The van der Waals surface area contributed by atoms with E-state index < -0.39 is 6.10 Å². The topological polar surface area (TPSA) is 73.2 Å². The number of aryl methyl sites for hydroxylation is 1. The summed E-state index contributed by atoms with van der Waals surface area (Å²) in [5.74, 6) is 0.561. The fourth-order valence-electron chi connectivity index (χ4n) is 2.42. The number of rotatable bonds is 6. The van der Waals surface area contributed by atoms with Gasteiger partial charge in [0.25, 0.3) is 5.91 Å². The number of carbonyl (C=O) groups excluding carboxylic acids is 2. The molecule has 1 N–H and O–H groups in total. The lowest BCUT2D eigenvalue weighted by atomic mass is 10.1. The Bertz CT molecular complexity index is 902. The smallest absolute Gasteiger partial charge is 0.265 e. The lowest BCUT2D eigenvalue weighted by Crippen LogP contribution is -2.30. The molecule has 0 fully saturated rings. The Labute approximate surface area is 151 Å². The highest BCUT2D eigenvalue weighted by molar-refractivity contribution is 6.07. The number of benzene rings is 2. The van der Waals surface area contributed by atoms with Crippen molar-refractivity contribution in [1.29, 1.82) is 0 Å². The van der Waals surface area contributed by atoms with Crippen molar-refractivity contribution in [3.8, 4) is 5.75 Å². The minimum Gasteiger partial charge on any atom is -0.481 e. The number of nitrogens with zero attached hydrogens (tertiary/aromatic N) is 2. The maximum Gasteiger partial charge on any atom is 0.265 e. The highest BCUT2D eigenvalue weighted by atomic mass is 16.5. The van der Waals surface area contributed by atoms with Crippen LogP contribution in [0.2, 0.25) is 0 Å². The van der Waals surface area contributed by atoms with E-state index in [1.807, 2.05) is 18.2 Å². The standard InChI is InChI=1S/C20H19N3O3/c1-14(26-17-6-4-3-5-7-17)20(25)22-16-10-8-15(9-11-16)18(24)19-21-12-13-23(19)2/h3-14H,1-2H3,(H,22,25). The van der Waals surface area contributed by atoms with Crippen molar-refractivity contribution in [3.05, 3.63) is 78.4 Å². The van der Waals surface area contributed by atoms with Crippen molar-refractivity contribution in [2.75, 3.05) is 5.32 Å². The van der Waals surface area contributed by atoms with Crippen molar-refractivity contribution in [2.45, 2.75) is 13.0 Å². The Morgan fingerprint density at radius 3 is 2.38 bits per heavy atom. The summed E-state index contributed by atoms with van der Waals surface area (Å²) in [5, 5.41) is 2.78. The van der Waals surface area contributed by atoms with E-state index in [0.717, 1.165) is 0 Å². The summed E-state index contributed by atoms with van der Waals surface area (Å²) in [6.45, 7) is 1.68. The van der Waals surface area contributed by atoms with E-state index in [9.17, 15) is 9.59 Å². The van der Waals surface area contributed by atoms with E-state index in [0.29, 0.717) is 22.8 Å². The minimum atomic E-state index is -0.647. The molecule has 0 radical (unpaired) electrons. The highest BCUT2D eigenvalue weighted by Gasteiger charge is 2.16. The van der Waals surface area contributed by atoms with E-state index in [2.05, 4.69) is 10.3 Å². The van der Waals surface area contributed by atoms with Crippen molar-refractivity contribution < 1.29 is 14.3 Å². The average molecular weight is 349 g/mol. The normalized spacial score (nSPS) is 11.6. The number of hydrogen-bond donors (Lipinski definition) is 1. The van der Waals surface area contributed by atoms with E-state index in [4.69, 9.17) is 4.74 Å². The molecule has 3 rings (SSSR count). The number of para-hydroxylation sites is 1. The third kappa shape index (κ3) is 3.97. The number of ether oxygens (including phenoxy) is 1. The van der Waals surface area contributed by atoms with E-state index >= 15 is 0 Å². The molecule has 6 nitrogen and oxygen atoms in total. The van der Waals surface area contributed by atoms with Gasteiger partial charge in [0.15, 0.2) is 11.9 Å². The fourth-order valence-corrected chi connectivity index (χ4v) is 2.42. The second kappa shape index (κ2) is 7.65. The molecule has 0 aliphatic carbocycles. The Morgan fingerprint density at radius 2 is 1.77 bits per heavy atom. The summed E-state index contributed by atoms with van der Waals surface area (Å²) in [6, 6.07) is 15.8. The number of aromatic nitrogens is 2. The molecule has 132 valence electrons. The van der Waals surface area contributed by atoms with Crippen LogP contribution in [0.1, 0.15) is 23.1 Å². The van der Waals surface area contributed by atoms with Crippen LogP contribution >= 0.6 is 0 Å². The van der Waals surface area contributed by atoms with Gasteiger partial charge in [0.1, 0.15) is 5.75 Å². The molecule has 1 unspecified atom stereocenters. The Morgan fingerprint density at radius 1 is 1.08 bits per heavy atom. The second-order valence-corrected chi connectivity index (χ2v) is 5.83. The first-order valence-corrected chi connectivity index (χ1v) is 8.19. The molecule has 6 heteroatoms. The Hall–Kier alpha value is -3.41. The van der Waals surface area contributed by atoms with E-state index in [-0.39, 0.29) is 11.7 Å². The first-order valence-electron chi connectivity index (χ1n) is 8.19. The predicted molar refractivity (Wildman–Crippen MR) is 98.2 cm³/mol. The van der Waals surface area contributed by atoms with Crippen LogP contribution in [0.4, 0.5) is 5.69 Å². The lowest BCUT2D eigenvalue weighted by molar-refractivity contribution is -0.122. The zero-order valence-electron chi connectivity index (χ0n) is 14.5. The van der Waals surface area contributed by atoms with Crippen molar-refractivity contribution in [3.63, 3.8) is 0 Å². The number of hydrogen-bond acceptors (Lipinski definition) is 4. The quantitative estimate of drug-likeness (QED) is 0.694. The van der Waals surface area contributed by atoms with Crippen LogP contribution in [0, 0.1) is 0 Å². The van der Waals surface area contributed by atoms with Gasteiger partial charge in [-0.25, -0.2) is 4.98 Å². The molecule has 1 amide bonds. The number of imidazole rings is 1. The number of anilines is 1. The highest BCUT2D eigenvalue weighted by Crippen LogP contribution is 2.15. The van der Waals surface area contributed by atoms with Crippen LogP contribution in [0.5, 0.6) is 5.75 Å². The number of ketones is 1. The van der Waals surface area contributed by atoms with Crippen LogP contribution in [0.15, 0.2) is 67.0 Å². The molecule has 1 aromatic heterocycles. The van der Waals surface area contributed by atoms with Gasteiger partial charge in [0, 0.05) is 30.7 Å². The lowest BCUT2D eigenvalue weighted by Gasteiger charge is -2.14. The third-order valence-corrected chi connectivity index (χ3v) is 3.86. The molecule has 0 saturated heterocycles. The molecule has 0 spiro atoms. The van der Waals surface area contributed by atoms with Gasteiger partial charge in [-0.2, -0.15) is 0 Å². The summed E-state index contributed by atoms with van der Waals surface area (Å²) < 4.78 is 7.26. The van der Waals surface area contributed by atoms with Gasteiger partial charge in [-0.15, -0.1) is 0 Å². The summed E-state index contributed by atoms with van der Waals surface area (Å²) >= 11 is 0. The first-order chi connectivity index (χ1) is 12.5. The van der Waals surface area contributed by atoms with Crippen LogP contribution in [-0.2, 0) is 11.8 Å². The number of amides is 1. The van der Waals surface area contributed by atoms with E-state index in [1.165, 1.54) is 0 Å². The van der Waals surface area contributed by atoms with Gasteiger partial charge in [-0.1, -0.05) is 18.2 Å². The summed E-state index contributed by atoms with van der Waals surface area (Å²) in [5.41, 5.74) is 1.10. The number of carbonyl (C=O) groups is 2. The second-order valence-electron chi connectivity index (χ2n) is 5.83. The molecule has 0 aliphatic rings. The molecule has 2 aromatic carbocycles. The van der Waals surface area contributed by atoms with Crippen LogP contribution in [0.25, 0.3) is 0 Å². The van der Waals surface area contributed by atoms with Crippen LogP contribution in [-0.4, -0.2) is 27.3 Å². The summed E-state index contributed by atoms with van der Waals surface area (Å²) in [6.07, 6.45) is 2.65. The third-order valence-electron chi connectivity index (χ3n) is 3.86. The SMILES string of the molecule is CC(Oc1ccccc1)C(=O)Nc1ccc(C(=O)c2nccn2C)cc1. The fraction of sp³-hybridized carbons (Fsp3) is 0.150. The maximum atomic E-state index is 12.4.